The molecular weight excluding hydrogens is 336 g/mol. The molecule has 6 heteroatoms. The molecule has 25 heavy (non-hydrogen) atoms. The number of thioether (sulfide) groups is 1. The Morgan fingerprint density at radius 2 is 1.72 bits per heavy atom. The highest BCUT2D eigenvalue weighted by Gasteiger charge is 2.46. The van der Waals surface area contributed by atoms with Crippen LogP contribution in [0.5, 0.6) is 0 Å². The van der Waals surface area contributed by atoms with E-state index >= 15 is 0 Å². The predicted molar refractivity (Wildman–Crippen MR) is 102 cm³/mol. The molecule has 0 spiro atoms. The first kappa shape index (κ1) is 20.3. The smallest absolute Gasteiger partial charge is 0.317 e. The molecule has 2 amide bonds. The topological polar surface area (TPSA) is 66.5 Å². The Morgan fingerprint density at radius 1 is 1.08 bits per heavy atom. The molecule has 0 aromatic carbocycles. The highest BCUT2D eigenvalue weighted by atomic mass is 32.2. The van der Waals surface area contributed by atoms with Crippen LogP contribution in [0.3, 0.4) is 0 Å². The zero-order chi connectivity index (χ0) is 18.2. The van der Waals surface area contributed by atoms with E-state index in [-0.39, 0.29) is 11.8 Å². The van der Waals surface area contributed by atoms with Crippen molar-refractivity contribution < 1.29 is 14.4 Å². The van der Waals surface area contributed by atoms with E-state index in [0.717, 1.165) is 50.7 Å². The van der Waals surface area contributed by atoms with Crippen molar-refractivity contribution >= 4 is 29.4 Å². The van der Waals surface area contributed by atoms with Gasteiger partial charge in [-0.2, -0.15) is 11.8 Å². The Balaban J connectivity index is 1.49. The monoisotopic (exact) mass is 368 g/mol. The Morgan fingerprint density at radius 3 is 2.40 bits per heavy atom. The van der Waals surface area contributed by atoms with Crippen LogP contribution in [0.1, 0.15) is 71.1 Å². The summed E-state index contributed by atoms with van der Waals surface area (Å²) in [5.41, 5.74) is 0. The minimum absolute atomic E-state index is 0.0544. The number of rotatable bonds is 12. The summed E-state index contributed by atoms with van der Waals surface area (Å²) in [7, 11) is 1.89. The van der Waals surface area contributed by atoms with Crippen molar-refractivity contribution in [1.82, 2.24) is 10.2 Å². The lowest BCUT2D eigenvalue weighted by molar-refractivity contribution is -0.119. The van der Waals surface area contributed by atoms with Gasteiger partial charge in [-0.05, 0) is 32.6 Å². The van der Waals surface area contributed by atoms with E-state index in [4.69, 9.17) is 0 Å². The van der Waals surface area contributed by atoms with Crippen LogP contribution in [0.2, 0.25) is 0 Å². The summed E-state index contributed by atoms with van der Waals surface area (Å²) < 4.78 is 0. The van der Waals surface area contributed by atoms with Crippen molar-refractivity contribution in [2.45, 2.75) is 88.5 Å². The molecule has 0 aromatic heterocycles. The van der Waals surface area contributed by atoms with E-state index in [2.05, 4.69) is 5.32 Å². The molecule has 0 aliphatic carbocycles. The fourth-order valence-electron chi connectivity index (χ4n) is 3.82. The zero-order valence-corrected chi connectivity index (χ0v) is 16.4. The number of ketones is 2. The average molecular weight is 369 g/mol. The van der Waals surface area contributed by atoms with Crippen LogP contribution < -0.4 is 5.32 Å². The van der Waals surface area contributed by atoms with E-state index in [9.17, 15) is 14.4 Å². The van der Waals surface area contributed by atoms with Crippen LogP contribution in [0.15, 0.2) is 0 Å². The first-order chi connectivity index (χ1) is 12.0. The van der Waals surface area contributed by atoms with Crippen molar-refractivity contribution in [2.24, 2.45) is 0 Å². The van der Waals surface area contributed by atoms with E-state index in [1.165, 1.54) is 0 Å². The molecule has 2 heterocycles. The highest BCUT2D eigenvalue weighted by Crippen LogP contribution is 2.36. The Kier molecular flexibility index (Phi) is 8.27. The van der Waals surface area contributed by atoms with Crippen LogP contribution in [0, 0.1) is 0 Å². The van der Waals surface area contributed by atoms with Crippen LogP contribution in [-0.4, -0.2) is 52.6 Å². The van der Waals surface area contributed by atoms with Gasteiger partial charge in [-0.1, -0.05) is 19.3 Å². The fourth-order valence-corrected chi connectivity index (χ4v) is 5.46. The van der Waals surface area contributed by atoms with Crippen LogP contribution in [0.25, 0.3) is 0 Å². The third kappa shape index (κ3) is 6.32. The number of fused-ring (bicyclic) bond motifs is 1. The molecule has 2 aliphatic rings. The number of urea groups is 1. The number of Topliss-reactive ketones (excluding diaryl/α,β-unsaturated/α-hetero) is 2. The zero-order valence-electron chi connectivity index (χ0n) is 15.6. The molecule has 0 radical (unpaired) electrons. The van der Waals surface area contributed by atoms with E-state index in [1.807, 2.05) is 23.7 Å². The first-order valence-electron chi connectivity index (χ1n) is 9.65. The lowest BCUT2D eigenvalue weighted by Gasteiger charge is -2.23. The fraction of sp³-hybridized carbons (Fsp3) is 0.842. The maximum atomic E-state index is 11.9. The van der Waals surface area contributed by atoms with Gasteiger partial charge < -0.3 is 15.0 Å². The van der Waals surface area contributed by atoms with Gasteiger partial charge in [0, 0.05) is 37.3 Å². The molecule has 0 bridgehead atoms. The minimum atomic E-state index is 0.0544. The molecule has 0 aromatic rings. The van der Waals surface area contributed by atoms with E-state index < -0.39 is 0 Å². The summed E-state index contributed by atoms with van der Waals surface area (Å²) >= 11 is 1.96. The number of nitrogens with one attached hydrogen (secondary N) is 1. The SMILES string of the molecule is CC(=O)CCCCCCC(=O)CCCC[C@@H]1SC[C@@H]2NC(=O)N(C)[C@@H]21. The number of amides is 2. The number of hydrogen-bond donors (Lipinski definition) is 1. The second kappa shape index (κ2) is 10.2. The van der Waals surface area contributed by atoms with Crippen LogP contribution >= 0.6 is 11.8 Å². The molecule has 3 atom stereocenters. The number of nitrogens with zero attached hydrogens (tertiary/aromatic N) is 1. The summed E-state index contributed by atoms with van der Waals surface area (Å²) in [5, 5.41) is 3.55. The summed E-state index contributed by atoms with van der Waals surface area (Å²) in [6, 6.07) is 0.680. The number of carbonyl (C=O) groups is 3. The summed E-state index contributed by atoms with van der Waals surface area (Å²) in [4.78, 5) is 36.3. The van der Waals surface area contributed by atoms with E-state index in [0.29, 0.717) is 42.4 Å². The third-order valence-corrected chi connectivity index (χ3v) is 6.78. The third-order valence-electron chi connectivity index (χ3n) is 5.29. The van der Waals surface area contributed by atoms with Gasteiger partial charge in [0.15, 0.2) is 0 Å². The van der Waals surface area contributed by atoms with Gasteiger partial charge in [0.05, 0.1) is 12.1 Å². The van der Waals surface area contributed by atoms with Crippen LogP contribution in [0.4, 0.5) is 4.79 Å². The normalized spacial score (nSPS) is 25.1. The summed E-state index contributed by atoms with van der Waals surface area (Å²) in [5.74, 6) is 1.64. The Hall–Kier alpha value is -1.04. The van der Waals surface area contributed by atoms with Gasteiger partial charge in [0.1, 0.15) is 11.6 Å². The molecule has 2 aliphatic heterocycles. The molecule has 5 nitrogen and oxygen atoms in total. The van der Waals surface area contributed by atoms with Gasteiger partial charge in [-0.25, -0.2) is 4.79 Å². The average Bonchev–Trinajstić information content (AvgIpc) is 3.08. The molecule has 0 saturated carbocycles. The Bertz CT molecular complexity index is 483. The van der Waals surface area contributed by atoms with Gasteiger partial charge >= 0.3 is 6.03 Å². The van der Waals surface area contributed by atoms with Gasteiger partial charge in [0.2, 0.25) is 0 Å². The number of hydrogen-bond acceptors (Lipinski definition) is 4. The van der Waals surface area contributed by atoms with Gasteiger partial charge in [0.25, 0.3) is 0 Å². The quantitative estimate of drug-likeness (QED) is 0.422. The summed E-state index contributed by atoms with van der Waals surface area (Å²) in [6.07, 6.45) is 9.16. The van der Waals surface area contributed by atoms with Gasteiger partial charge in [-0.15, -0.1) is 0 Å². The standard InChI is InChI=1S/C19H32N2O3S/c1-14(22)9-5-3-4-6-10-15(23)11-7-8-12-17-18-16(13-25-17)20-19(24)21(18)2/h16-18H,3-13H2,1-2H3,(H,20,24)/t16-,17-,18-/m0/s1. The molecule has 1 N–H and O–H groups in total. The second-order valence-corrected chi connectivity index (χ2v) is 8.70. The van der Waals surface area contributed by atoms with E-state index in [1.54, 1.807) is 6.92 Å². The minimum Gasteiger partial charge on any atom is -0.332 e. The van der Waals surface area contributed by atoms with Crippen LogP contribution in [-0.2, 0) is 9.59 Å². The highest BCUT2D eigenvalue weighted by molar-refractivity contribution is 8.00. The van der Waals surface area contributed by atoms with Crippen molar-refractivity contribution in [3.63, 3.8) is 0 Å². The first-order valence-corrected chi connectivity index (χ1v) is 10.7. The largest absolute Gasteiger partial charge is 0.332 e. The van der Waals surface area contributed by atoms with Gasteiger partial charge in [-0.3, -0.25) is 4.79 Å². The molecule has 0 unspecified atom stereocenters. The molecule has 2 rings (SSSR count). The van der Waals surface area contributed by atoms with Crippen molar-refractivity contribution in [2.75, 3.05) is 12.8 Å². The maximum absolute atomic E-state index is 11.9. The molecule has 2 saturated heterocycles. The Labute approximate surface area is 155 Å². The summed E-state index contributed by atoms with van der Waals surface area (Å²) in [6.45, 7) is 1.63. The predicted octanol–water partition coefficient (Wildman–Crippen LogP) is 3.55. The second-order valence-electron chi connectivity index (χ2n) is 7.43. The molecule has 142 valence electrons. The number of carbonyl (C=O) groups excluding carboxylic acids is 3. The molecular formula is C19H32N2O3S. The number of unbranched alkanes of at least 4 members (excludes halogenated alkanes) is 4. The lowest BCUT2D eigenvalue weighted by Crippen LogP contribution is -2.38. The van der Waals surface area contributed by atoms with Crippen molar-refractivity contribution in [3.05, 3.63) is 0 Å². The van der Waals surface area contributed by atoms with Crippen molar-refractivity contribution in [1.29, 1.82) is 0 Å². The maximum Gasteiger partial charge on any atom is 0.317 e. The van der Waals surface area contributed by atoms with Crippen molar-refractivity contribution in [3.8, 4) is 0 Å². The molecule has 2 fully saturated rings. The number of likely N-dealkylation sites (N-methyl/N-ethyl adjacent to an activating group) is 1. The lowest BCUT2D eigenvalue weighted by atomic mass is 10.0.